The van der Waals surface area contributed by atoms with E-state index in [1.54, 1.807) is 25.7 Å². The summed E-state index contributed by atoms with van der Waals surface area (Å²) in [5, 5.41) is 4.63. The van der Waals surface area contributed by atoms with Gasteiger partial charge < -0.3 is 14.8 Å². The van der Waals surface area contributed by atoms with E-state index < -0.39 is 22.0 Å². The number of rotatable bonds is 9. The number of carbonyl (C=O) groups is 1. The fourth-order valence-electron chi connectivity index (χ4n) is 3.01. The zero-order valence-electron chi connectivity index (χ0n) is 17.4. The molecule has 0 saturated carbocycles. The fourth-order valence-corrected chi connectivity index (χ4v) is 5.34. The van der Waals surface area contributed by atoms with Crippen molar-refractivity contribution in [2.75, 3.05) is 27.8 Å². The van der Waals surface area contributed by atoms with Crippen molar-refractivity contribution in [1.82, 2.24) is 9.62 Å². The quantitative estimate of drug-likeness (QED) is 0.530. The molecule has 0 aliphatic heterocycles. The van der Waals surface area contributed by atoms with Crippen molar-refractivity contribution in [1.29, 1.82) is 0 Å². The Hall–Kier alpha value is -2.88. The molecule has 1 heterocycles. The van der Waals surface area contributed by atoms with Gasteiger partial charge in [0.2, 0.25) is 5.91 Å². The molecular formula is C22H24N2O5S2. The van der Waals surface area contributed by atoms with E-state index in [1.807, 2.05) is 48.5 Å². The standard InChI is InChI=1S/C22H24N2O5S2/c1-24(31(26,27)21-5-4-14-30-21)15-20(25)23-22(16-6-10-18(28-2)11-7-16)17-8-12-19(29-3)13-9-17/h4-14,22H,15H2,1-3H3,(H,23,25). The Morgan fingerprint density at radius 3 is 1.90 bits per heavy atom. The molecule has 0 aliphatic rings. The number of nitrogens with zero attached hydrogens (tertiary/aromatic N) is 1. The molecule has 9 heteroatoms. The average Bonchev–Trinajstić information content (AvgIpc) is 3.33. The van der Waals surface area contributed by atoms with Crippen LogP contribution >= 0.6 is 11.3 Å². The van der Waals surface area contributed by atoms with Crippen LogP contribution in [0.5, 0.6) is 11.5 Å². The van der Waals surface area contributed by atoms with Crippen LogP contribution < -0.4 is 14.8 Å². The third kappa shape index (κ3) is 5.43. The van der Waals surface area contributed by atoms with Crippen LogP contribution in [0.1, 0.15) is 17.2 Å². The lowest BCUT2D eigenvalue weighted by molar-refractivity contribution is -0.121. The second-order valence-corrected chi connectivity index (χ2v) is 9.96. The SMILES string of the molecule is COc1ccc(C(NC(=O)CN(C)S(=O)(=O)c2cccs2)c2ccc(OC)cc2)cc1. The van der Waals surface area contributed by atoms with Crippen LogP contribution in [0.3, 0.4) is 0 Å². The van der Waals surface area contributed by atoms with E-state index >= 15 is 0 Å². The Labute approximate surface area is 186 Å². The molecule has 0 spiro atoms. The van der Waals surface area contributed by atoms with Crippen LogP contribution in [0.15, 0.2) is 70.3 Å². The monoisotopic (exact) mass is 460 g/mol. The Kier molecular flexibility index (Phi) is 7.32. The lowest BCUT2D eigenvalue weighted by Crippen LogP contribution is -2.39. The Morgan fingerprint density at radius 1 is 0.968 bits per heavy atom. The molecule has 1 aromatic heterocycles. The van der Waals surface area contributed by atoms with Crippen LogP contribution in [0.25, 0.3) is 0 Å². The third-order valence-corrected chi connectivity index (χ3v) is 7.91. The van der Waals surface area contributed by atoms with Gasteiger partial charge in [-0.15, -0.1) is 11.3 Å². The van der Waals surface area contributed by atoms with Gasteiger partial charge in [0.05, 0.1) is 26.8 Å². The van der Waals surface area contributed by atoms with Gasteiger partial charge in [-0.3, -0.25) is 4.79 Å². The zero-order valence-corrected chi connectivity index (χ0v) is 19.1. The zero-order chi connectivity index (χ0) is 22.4. The molecule has 164 valence electrons. The Morgan fingerprint density at radius 2 is 1.48 bits per heavy atom. The minimum atomic E-state index is -3.72. The van der Waals surface area contributed by atoms with Crippen molar-refractivity contribution in [2.24, 2.45) is 0 Å². The second kappa shape index (κ2) is 9.95. The molecule has 0 bridgehead atoms. The number of hydrogen-bond acceptors (Lipinski definition) is 6. The number of ether oxygens (including phenoxy) is 2. The van der Waals surface area contributed by atoms with Crippen molar-refractivity contribution in [3.63, 3.8) is 0 Å². The summed E-state index contributed by atoms with van der Waals surface area (Å²) in [5.74, 6) is 0.981. The maximum absolute atomic E-state index is 12.8. The normalized spacial score (nSPS) is 11.5. The fraction of sp³-hybridized carbons (Fsp3) is 0.227. The average molecular weight is 461 g/mol. The minimum absolute atomic E-state index is 0.199. The maximum Gasteiger partial charge on any atom is 0.252 e. The molecule has 0 unspecified atom stereocenters. The lowest BCUT2D eigenvalue weighted by atomic mass is 9.98. The van der Waals surface area contributed by atoms with Crippen molar-refractivity contribution < 1.29 is 22.7 Å². The number of hydrogen-bond donors (Lipinski definition) is 1. The van der Waals surface area contributed by atoms with E-state index in [2.05, 4.69) is 5.32 Å². The van der Waals surface area contributed by atoms with Gasteiger partial charge in [-0.25, -0.2) is 8.42 Å². The number of sulfonamides is 1. The molecule has 0 atom stereocenters. The van der Waals surface area contributed by atoms with Crippen molar-refractivity contribution >= 4 is 27.3 Å². The predicted octanol–water partition coefficient (Wildman–Crippen LogP) is 3.29. The van der Waals surface area contributed by atoms with Gasteiger partial charge in [0.1, 0.15) is 15.7 Å². The highest BCUT2D eigenvalue weighted by atomic mass is 32.2. The van der Waals surface area contributed by atoms with E-state index in [-0.39, 0.29) is 10.8 Å². The molecule has 2 aromatic carbocycles. The van der Waals surface area contributed by atoms with Crippen LogP contribution in [0.2, 0.25) is 0 Å². The van der Waals surface area contributed by atoms with E-state index in [1.165, 1.54) is 13.1 Å². The molecule has 31 heavy (non-hydrogen) atoms. The van der Waals surface area contributed by atoms with Crippen LogP contribution in [0, 0.1) is 0 Å². The molecule has 1 N–H and O–H groups in total. The molecule has 0 saturated heterocycles. The van der Waals surface area contributed by atoms with E-state index in [4.69, 9.17) is 9.47 Å². The first-order valence-corrected chi connectivity index (χ1v) is 11.7. The summed E-state index contributed by atoms with van der Waals surface area (Å²) >= 11 is 1.11. The van der Waals surface area contributed by atoms with Crippen LogP contribution in [-0.2, 0) is 14.8 Å². The number of likely N-dealkylation sites (N-methyl/N-ethyl adjacent to an activating group) is 1. The van der Waals surface area contributed by atoms with Gasteiger partial charge >= 0.3 is 0 Å². The van der Waals surface area contributed by atoms with Crippen LogP contribution in [-0.4, -0.2) is 46.4 Å². The van der Waals surface area contributed by atoms with Crippen LogP contribution in [0.4, 0.5) is 0 Å². The summed E-state index contributed by atoms with van der Waals surface area (Å²) in [6, 6.07) is 17.4. The summed E-state index contributed by atoms with van der Waals surface area (Å²) in [5.41, 5.74) is 1.67. The summed E-state index contributed by atoms with van der Waals surface area (Å²) in [6.45, 7) is -0.303. The summed E-state index contributed by atoms with van der Waals surface area (Å²) < 4.78 is 36.9. The van der Waals surface area contributed by atoms with Crippen molar-refractivity contribution in [2.45, 2.75) is 10.3 Å². The summed E-state index contributed by atoms with van der Waals surface area (Å²) in [6.07, 6.45) is 0. The van der Waals surface area contributed by atoms with Gasteiger partial charge in [0.15, 0.2) is 0 Å². The first-order chi connectivity index (χ1) is 14.8. The number of thiophene rings is 1. The van der Waals surface area contributed by atoms with Gasteiger partial charge in [-0.05, 0) is 46.8 Å². The van der Waals surface area contributed by atoms with Crippen molar-refractivity contribution in [3.8, 4) is 11.5 Å². The molecule has 0 radical (unpaired) electrons. The predicted molar refractivity (Wildman–Crippen MR) is 120 cm³/mol. The highest BCUT2D eigenvalue weighted by molar-refractivity contribution is 7.91. The molecular weight excluding hydrogens is 436 g/mol. The molecule has 1 amide bonds. The third-order valence-electron chi connectivity index (χ3n) is 4.73. The molecule has 0 fully saturated rings. The number of nitrogens with one attached hydrogen (secondary N) is 1. The first kappa shape index (κ1) is 22.8. The van der Waals surface area contributed by atoms with E-state index in [9.17, 15) is 13.2 Å². The lowest BCUT2D eigenvalue weighted by Gasteiger charge is -2.22. The number of amides is 1. The molecule has 3 aromatic rings. The van der Waals surface area contributed by atoms with Crippen molar-refractivity contribution in [3.05, 3.63) is 77.2 Å². The van der Waals surface area contributed by atoms with E-state index in [0.29, 0.717) is 11.5 Å². The molecule has 7 nitrogen and oxygen atoms in total. The maximum atomic E-state index is 12.8. The summed E-state index contributed by atoms with van der Waals surface area (Å²) in [7, 11) is 0.847. The highest BCUT2D eigenvalue weighted by Gasteiger charge is 2.25. The van der Waals surface area contributed by atoms with Gasteiger partial charge in [0.25, 0.3) is 10.0 Å². The Balaban J connectivity index is 1.82. The van der Waals surface area contributed by atoms with E-state index in [0.717, 1.165) is 26.8 Å². The number of benzene rings is 2. The second-order valence-electron chi connectivity index (χ2n) is 6.74. The van der Waals surface area contributed by atoms with Gasteiger partial charge in [0, 0.05) is 7.05 Å². The Bertz CT molecular complexity index is 1050. The van der Waals surface area contributed by atoms with Gasteiger partial charge in [-0.1, -0.05) is 30.3 Å². The number of carbonyl (C=O) groups excluding carboxylic acids is 1. The summed E-state index contributed by atoms with van der Waals surface area (Å²) in [4.78, 5) is 12.8. The van der Waals surface area contributed by atoms with Gasteiger partial charge in [-0.2, -0.15) is 4.31 Å². The number of methoxy groups -OCH3 is 2. The molecule has 3 rings (SSSR count). The molecule has 0 aliphatic carbocycles. The largest absolute Gasteiger partial charge is 0.497 e. The first-order valence-electron chi connectivity index (χ1n) is 9.42. The topological polar surface area (TPSA) is 84.9 Å². The minimum Gasteiger partial charge on any atom is -0.497 e. The smallest absolute Gasteiger partial charge is 0.252 e. The highest BCUT2D eigenvalue weighted by Crippen LogP contribution is 2.26.